The molecular formula is C11H13NO. The van der Waals surface area contributed by atoms with Crippen LogP contribution in [0.2, 0.25) is 0 Å². The van der Waals surface area contributed by atoms with Crippen LogP contribution in [0, 0.1) is 6.92 Å². The molecule has 1 aromatic carbocycles. The Morgan fingerprint density at radius 3 is 2.85 bits per heavy atom. The quantitative estimate of drug-likeness (QED) is 0.325. The van der Waals surface area contributed by atoms with Crippen LogP contribution in [-0.2, 0) is 6.42 Å². The molecule has 68 valence electrons. The van der Waals surface area contributed by atoms with Crippen molar-refractivity contribution >= 4 is 6.21 Å². The fourth-order valence-electron chi connectivity index (χ4n) is 1.24. The molecule has 1 N–H and O–H groups in total. The predicted octanol–water partition coefficient (Wildman–Crippen LogP) is 2.53. The van der Waals surface area contributed by atoms with Gasteiger partial charge in [0.15, 0.2) is 0 Å². The zero-order chi connectivity index (χ0) is 9.68. The maximum absolute atomic E-state index is 8.37. The Kier molecular flexibility index (Phi) is 3.26. The molecule has 1 aromatic rings. The molecule has 2 nitrogen and oxygen atoms in total. The van der Waals surface area contributed by atoms with E-state index in [2.05, 4.69) is 17.8 Å². The lowest BCUT2D eigenvalue weighted by molar-refractivity contribution is 0.322. The van der Waals surface area contributed by atoms with E-state index in [-0.39, 0.29) is 0 Å². The molecule has 0 atom stereocenters. The summed E-state index contributed by atoms with van der Waals surface area (Å²) in [7, 11) is 0. The van der Waals surface area contributed by atoms with Gasteiger partial charge in [-0.25, -0.2) is 0 Å². The number of nitrogens with zero attached hydrogens (tertiary/aromatic N) is 1. The molecule has 0 bridgehead atoms. The van der Waals surface area contributed by atoms with Crippen molar-refractivity contribution in [3.63, 3.8) is 0 Å². The van der Waals surface area contributed by atoms with Crippen LogP contribution in [0.25, 0.3) is 0 Å². The zero-order valence-electron chi connectivity index (χ0n) is 7.70. The van der Waals surface area contributed by atoms with Gasteiger partial charge in [-0.2, -0.15) is 0 Å². The van der Waals surface area contributed by atoms with Gasteiger partial charge in [0.2, 0.25) is 0 Å². The fourth-order valence-corrected chi connectivity index (χ4v) is 1.24. The van der Waals surface area contributed by atoms with Gasteiger partial charge in [0.05, 0.1) is 6.21 Å². The third-order valence-electron chi connectivity index (χ3n) is 1.91. The van der Waals surface area contributed by atoms with Crippen molar-refractivity contribution in [3.8, 4) is 0 Å². The Bertz CT molecular complexity index is 329. The lowest BCUT2D eigenvalue weighted by Crippen LogP contribution is -1.89. The maximum Gasteiger partial charge on any atom is 0.0736 e. The van der Waals surface area contributed by atoms with E-state index in [1.807, 2.05) is 25.1 Å². The summed E-state index contributed by atoms with van der Waals surface area (Å²) >= 11 is 0. The first-order chi connectivity index (χ1) is 6.27. The molecule has 0 amide bonds. The van der Waals surface area contributed by atoms with Gasteiger partial charge < -0.3 is 5.21 Å². The largest absolute Gasteiger partial charge is 0.411 e. The predicted molar refractivity (Wildman–Crippen MR) is 54.5 cm³/mol. The molecule has 0 aliphatic rings. The van der Waals surface area contributed by atoms with E-state index >= 15 is 0 Å². The fraction of sp³-hybridized carbons (Fsp3) is 0.182. The molecule has 0 heterocycles. The molecule has 1 rings (SSSR count). The molecule has 0 unspecified atom stereocenters. The van der Waals surface area contributed by atoms with Gasteiger partial charge >= 0.3 is 0 Å². The van der Waals surface area contributed by atoms with Gasteiger partial charge in [-0.15, -0.1) is 6.58 Å². The second kappa shape index (κ2) is 4.45. The zero-order valence-corrected chi connectivity index (χ0v) is 7.70. The Balaban J connectivity index is 2.97. The van der Waals surface area contributed by atoms with Crippen molar-refractivity contribution in [2.24, 2.45) is 5.16 Å². The first kappa shape index (κ1) is 9.52. The minimum atomic E-state index is 0.872. The molecule has 0 radical (unpaired) electrons. The molecule has 0 aliphatic heterocycles. The summed E-state index contributed by atoms with van der Waals surface area (Å²) in [5.41, 5.74) is 3.27. The molecule has 13 heavy (non-hydrogen) atoms. The SMILES string of the molecule is C=CCc1ccc(/C=N/O)c(C)c1. The van der Waals surface area contributed by atoms with Gasteiger partial charge in [-0.05, 0) is 30.0 Å². The molecular weight excluding hydrogens is 162 g/mol. The third-order valence-corrected chi connectivity index (χ3v) is 1.91. The number of aryl methyl sites for hydroxylation is 1. The average molecular weight is 175 g/mol. The Labute approximate surface area is 78.2 Å². The molecule has 2 heteroatoms. The highest BCUT2D eigenvalue weighted by molar-refractivity contribution is 5.81. The van der Waals surface area contributed by atoms with E-state index in [0.717, 1.165) is 17.5 Å². The summed E-state index contributed by atoms with van der Waals surface area (Å²) in [6, 6.07) is 6.01. The standard InChI is InChI=1S/C11H13NO/c1-3-4-10-5-6-11(8-12-13)9(2)7-10/h3,5-8,13H,1,4H2,2H3/b12-8+. The number of benzene rings is 1. The molecule has 0 saturated carbocycles. The topological polar surface area (TPSA) is 32.6 Å². The third kappa shape index (κ3) is 2.44. The van der Waals surface area contributed by atoms with E-state index in [4.69, 9.17) is 5.21 Å². The van der Waals surface area contributed by atoms with Gasteiger partial charge in [-0.1, -0.05) is 29.4 Å². The van der Waals surface area contributed by atoms with Gasteiger partial charge in [0.25, 0.3) is 0 Å². The smallest absolute Gasteiger partial charge is 0.0736 e. The molecule has 0 spiro atoms. The van der Waals surface area contributed by atoms with Crippen molar-refractivity contribution in [1.29, 1.82) is 0 Å². The first-order valence-electron chi connectivity index (χ1n) is 4.15. The maximum atomic E-state index is 8.37. The van der Waals surface area contributed by atoms with E-state index in [1.165, 1.54) is 11.8 Å². The monoisotopic (exact) mass is 175 g/mol. The van der Waals surface area contributed by atoms with E-state index < -0.39 is 0 Å². The summed E-state index contributed by atoms with van der Waals surface area (Å²) in [5.74, 6) is 0. The lowest BCUT2D eigenvalue weighted by Gasteiger charge is -2.02. The van der Waals surface area contributed by atoms with Gasteiger partial charge in [-0.3, -0.25) is 0 Å². The van der Waals surface area contributed by atoms with Crippen LogP contribution in [0.5, 0.6) is 0 Å². The van der Waals surface area contributed by atoms with E-state index in [9.17, 15) is 0 Å². The van der Waals surface area contributed by atoms with E-state index in [1.54, 1.807) is 0 Å². The van der Waals surface area contributed by atoms with Crippen LogP contribution in [0.4, 0.5) is 0 Å². The first-order valence-corrected chi connectivity index (χ1v) is 4.15. The van der Waals surface area contributed by atoms with Crippen molar-refractivity contribution in [2.75, 3.05) is 0 Å². The highest BCUT2D eigenvalue weighted by Gasteiger charge is 1.96. The molecule has 0 saturated heterocycles. The van der Waals surface area contributed by atoms with Crippen LogP contribution in [0.1, 0.15) is 16.7 Å². The lowest BCUT2D eigenvalue weighted by atomic mass is 10.0. The van der Waals surface area contributed by atoms with Crippen molar-refractivity contribution in [2.45, 2.75) is 13.3 Å². The van der Waals surface area contributed by atoms with Crippen LogP contribution in [0.3, 0.4) is 0 Å². The highest BCUT2D eigenvalue weighted by atomic mass is 16.4. The minimum Gasteiger partial charge on any atom is -0.411 e. The highest BCUT2D eigenvalue weighted by Crippen LogP contribution is 2.09. The Morgan fingerprint density at radius 1 is 1.54 bits per heavy atom. The van der Waals surface area contributed by atoms with E-state index in [0.29, 0.717) is 0 Å². The number of hydrogen-bond donors (Lipinski definition) is 1. The average Bonchev–Trinajstić information content (AvgIpc) is 2.10. The molecule has 0 fully saturated rings. The van der Waals surface area contributed by atoms with Crippen molar-refractivity contribution in [1.82, 2.24) is 0 Å². The normalized spacial score (nSPS) is 10.5. The number of oxime groups is 1. The Hall–Kier alpha value is -1.57. The van der Waals surface area contributed by atoms with Crippen LogP contribution in [0.15, 0.2) is 36.0 Å². The molecule has 0 aliphatic carbocycles. The Morgan fingerprint density at radius 2 is 2.31 bits per heavy atom. The second-order valence-electron chi connectivity index (χ2n) is 2.93. The molecule has 0 aromatic heterocycles. The van der Waals surface area contributed by atoms with Crippen molar-refractivity contribution < 1.29 is 5.21 Å². The summed E-state index contributed by atoms with van der Waals surface area (Å²) in [6.45, 7) is 5.67. The van der Waals surface area contributed by atoms with Crippen LogP contribution >= 0.6 is 0 Å². The summed E-state index contributed by atoms with van der Waals surface area (Å²) in [4.78, 5) is 0. The summed E-state index contributed by atoms with van der Waals surface area (Å²) in [5, 5.41) is 11.4. The van der Waals surface area contributed by atoms with Gasteiger partial charge in [0.1, 0.15) is 0 Å². The second-order valence-corrected chi connectivity index (χ2v) is 2.93. The van der Waals surface area contributed by atoms with Gasteiger partial charge in [0, 0.05) is 0 Å². The number of allylic oxidation sites excluding steroid dienone is 1. The minimum absolute atomic E-state index is 0.872. The van der Waals surface area contributed by atoms with Crippen LogP contribution < -0.4 is 0 Å². The number of hydrogen-bond acceptors (Lipinski definition) is 2. The summed E-state index contributed by atoms with van der Waals surface area (Å²) in [6.07, 6.45) is 4.18. The summed E-state index contributed by atoms with van der Waals surface area (Å²) < 4.78 is 0. The number of rotatable bonds is 3. The van der Waals surface area contributed by atoms with Crippen LogP contribution in [-0.4, -0.2) is 11.4 Å². The van der Waals surface area contributed by atoms with Crippen molar-refractivity contribution in [3.05, 3.63) is 47.5 Å².